The van der Waals surface area contributed by atoms with Crippen LogP contribution in [0.2, 0.25) is 0 Å². The maximum atomic E-state index is 14.1. The number of tetrazole rings is 1. The number of hydrogen-bond donors (Lipinski definition) is 7. The van der Waals surface area contributed by atoms with Gasteiger partial charge in [0.2, 0.25) is 5.82 Å². The molecule has 7 N–H and O–H groups in total. The van der Waals surface area contributed by atoms with Gasteiger partial charge in [0.15, 0.2) is 0 Å². The summed E-state index contributed by atoms with van der Waals surface area (Å²) >= 11 is 0. The predicted molar refractivity (Wildman–Crippen MR) is 239 cm³/mol. The number of aromatic nitrogens is 10. The summed E-state index contributed by atoms with van der Waals surface area (Å²) in [6.45, 7) is 12.5. The molecular weight excluding hydrogens is 841 g/mol. The lowest BCUT2D eigenvalue weighted by atomic mass is 10.0. The molecule has 0 spiro atoms. The minimum atomic E-state index is -1.61. The van der Waals surface area contributed by atoms with Gasteiger partial charge in [0.25, 0.3) is 11.8 Å². The number of aliphatic hydroxyl groups is 2. The number of aromatic amines is 1. The second-order valence-corrected chi connectivity index (χ2v) is 16.9. The van der Waals surface area contributed by atoms with Crippen LogP contribution >= 0.6 is 0 Å². The smallest absolute Gasteiger partial charge is 0.255 e. The number of carbonyl (C=O) groups is 2. The van der Waals surface area contributed by atoms with Crippen molar-refractivity contribution in [1.82, 2.24) is 60.5 Å². The summed E-state index contributed by atoms with van der Waals surface area (Å²) in [7, 11) is 0. The van der Waals surface area contributed by atoms with E-state index in [2.05, 4.69) is 68.1 Å². The number of hydrogen-bond acceptors (Lipinski definition) is 14. The van der Waals surface area contributed by atoms with Crippen molar-refractivity contribution in [2.75, 3.05) is 23.7 Å². The number of fused-ring (bicyclic) bond motifs is 2. The van der Waals surface area contributed by atoms with Gasteiger partial charge in [-0.05, 0) is 109 Å². The molecule has 0 radical (unpaired) electrons. The quantitative estimate of drug-likeness (QED) is 0.0702. The van der Waals surface area contributed by atoms with E-state index in [0.29, 0.717) is 45.4 Å². The number of amides is 2. The van der Waals surface area contributed by atoms with E-state index in [-0.39, 0.29) is 36.3 Å². The molecular formula is C44H51F2N15O4. The predicted octanol–water partition coefficient (Wildman–Crippen LogP) is 5.16. The van der Waals surface area contributed by atoms with Crippen molar-refractivity contribution in [1.29, 1.82) is 5.26 Å². The topological polar surface area (TPSA) is 261 Å². The highest BCUT2D eigenvalue weighted by Crippen LogP contribution is 2.28. The van der Waals surface area contributed by atoms with Crippen LogP contribution in [0, 0.1) is 11.3 Å². The molecule has 2 atom stereocenters. The van der Waals surface area contributed by atoms with Crippen LogP contribution in [-0.4, -0.2) is 121 Å². The van der Waals surface area contributed by atoms with E-state index in [9.17, 15) is 28.6 Å². The van der Waals surface area contributed by atoms with E-state index in [0.717, 1.165) is 16.7 Å². The zero-order valence-corrected chi connectivity index (χ0v) is 37.1. The maximum Gasteiger partial charge on any atom is 0.255 e. The summed E-state index contributed by atoms with van der Waals surface area (Å²) in [5.74, 6) is -0.544. The van der Waals surface area contributed by atoms with E-state index in [1.807, 2.05) is 58.0 Å². The third-order valence-electron chi connectivity index (χ3n) is 9.86. The number of nitriles is 1. The third kappa shape index (κ3) is 11.4. The van der Waals surface area contributed by atoms with Crippen LogP contribution in [0.15, 0.2) is 73.3 Å². The van der Waals surface area contributed by atoms with Crippen molar-refractivity contribution in [2.45, 2.75) is 91.0 Å². The number of H-pyrrole nitrogens is 1. The largest absolute Gasteiger partial charge is 0.387 e. The normalized spacial score (nSPS) is 12.7. The molecule has 2 amide bonds. The van der Waals surface area contributed by atoms with Gasteiger partial charge in [-0.2, -0.15) is 20.7 Å². The van der Waals surface area contributed by atoms with Crippen LogP contribution in [0.4, 0.5) is 20.2 Å². The molecule has 0 aliphatic rings. The first-order valence-electron chi connectivity index (χ1n) is 20.7. The molecule has 7 aromatic rings. The van der Waals surface area contributed by atoms with Gasteiger partial charge in [-0.25, -0.2) is 17.8 Å². The lowest BCUT2D eigenvalue weighted by Gasteiger charge is -2.23. The number of halogens is 2. The Balaban J connectivity index is 0.000000216. The fraction of sp³-hybridized carbons (Fsp3) is 0.364. The molecule has 21 heteroatoms. The van der Waals surface area contributed by atoms with Gasteiger partial charge >= 0.3 is 0 Å². The van der Waals surface area contributed by atoms with Gasteiger partial charge < -0.3 is 31.5 Å². The average Bonchev–Trinajstić information content (AvgIpc) is 4.04. The first kappa shape index (κ1) is 47.0. The van der Waals surface area contributed by atoms with Gasteiger partial charge in [0.1, 0.15) is 18.4 Å². The van der Waals surface area contributed by atoms with Crippen molar-refractivity contribution in [3.05, 3.63) is 90.0 Å². The van der Waals surface area contributed by atoms with Crippen LogP contribution in [0.25, 0.3) is 45.2 Å². The third-order valence-corrected chi connectivity index (χ3v) is 9.86. The Labute approximate surface area is 372 Å². The zero-order valence-electron chi connectivity index (χ0n) is 37.1. The van der Waals surface area contributed by atoms with Crippen LogP contribution in [0.5, 0.6) is 0 Å². The molecule has 0 fully saturated rings. The first-order chi connectivity index (χ1) is 30.7. The maximum absolute atomic E-state index is 14.1. The van der Waals surface area contributed by atoms with Crippen LogP contribution in [0.3, 0.4) is 0 Å². The Hall–Kier alpha value is -7.44. The van der Waals surface area contributed by atoms with Gasteiger partial charge in [-0.15, -0.1) is 10.2 Å². The van der Waals surface area contributed by atoms with E-state index in [1.165, 1.54) is 46.3 Å². The molecule has 0 saturated carbocycles. The summed E-state index contributed by atoms with van der Waals surface area (Å²) in [5.41, 5.74) is 3.84. The van der Waals surface area contributed by atoms with Crippen molar-refractivity contribution in [3.8, 4) is 40.2 Å². The highest BCUT2D eigenvalue weighted by atomic mass is 19.1. The van der Waals surface area contributed by atoms with Crippen molar-refractivity contribution >= 4 is 34.2 Å². The SMILES string of the molecule is CC(C)Nc1cc(-c2ccc3cc(-c4nn[nH]n4)cnn23)ncc1C(=O)NC[C@@H](F)C(C)(C)O.CC(C)Nc1cc(-c2ccc3cc(C#N)cnn23)ncc1C(=O)NC[C@@H](F)C(C)(C)O. The molecule has 65 heavy (non-hydrogen) atoms. The lowest BCUT2D eigenvalue weighted by molar-refractivity contribution is -0.00209. The molecule has 0 unspecified atom stereocenters. The summed E-state index contributed by atoms with van der Waals surface area (Å²) in [6, 6.07) is 16.7. The number of nitrogens with one attached hydrogen (secondary N) is 5. The second kappa shape index (κ2) is 19.5. The number of carbonyl (C=O) groups excluding carboxylic acids is 2. The van der Waals surface area contributed by atoms with Crippen LogP contribution < -0.4 is 21.3 Å². The highest BCUT2D eigenvalue weighted by molar-refractivity contribution is 6.00. The molecule has 0 bridgehead atoms. The molecule has 0 saturated heterocycles. The Morgan fingerprint density at radius 3 is 1.65 bits per heavy atom. The van der Waals surface area contributed by atoms with Crippen LogP contribution in [-0.2, 0) is 0 Å². The molecule has 0 aliphatic heterocycles. The summed E-state index contributed by atoms with van der Waals surface area (Å²) in [5, 5.41) is 62.8. The zero-order chi connectivity index (χ0) is 47.2. The van der Waals surface area contributed by atoms with Crippen molar-refractivity contribution < 1.29 is 28.6 Å². The minimum absolute atomic E-state index is 0.0341. The van der Waals surface area contributed by atoms with E-state index in [4.69, 9.17) is 5.26 Å². The Morgan fingerprint density at radius 1 is 0.738 bits per heavy atom. The fourth-order valence-electron chi connectivity index (χ4n) is 6.32. The van der Waals surface area contributed by atoms with E-state index >= 15 is 0 Å². The number of rotatable bonds is 15. The summed E-state index contributed by atoms with van der Waals surface area (Å²) < 4.78 is 31.5. The Bertz CT molecular complexity index is 2820. The van der Waals surface area contributed by atoms with Gasteiger partial charge in [-0.1, -0.05) is 0 Å². The number of nitrogens with zero attached hydrogens (tertiary/aromatic N) is 10. The van der Waals surface area contributed by atoms with Gasteiger partial charge in [0, 0.05) is 30.0 Å². The highest BCUT2D eigenvalue weighted by Gasteiger charge is 2.29. The molecule has 7 rings (SSSR count). The summed E-state index contributed by atoms with van der Waals surface area (Å²) in [6.07, 6.45) is 2.76. The number of pyridine rings is 2. The molecule has 19 nitrogen and oxygen atoms in total. The van der Waals surface area contributed by atoms with Gasteiger partial charge in [-0.3, -0.25) is 19.6 Å². The van der Waals surface area contributed by atoms with E-state index < -0.39 is 35.4 Å². The number of alkyl halides is 2. The number of anilines is 2. The van der Waals surface area contributed by atoms with Gasteiger partial charge in [0.05, 0.1) is 98.6 Å². The standard InChI is InChI=1S/C22H26FN9O2.C22H25FN6O2/c1-12(2)27-16-8-17(24-10-15(16)21(33)25-11-19(23)22(3,4)34)18-6-5-14-7-13(9-26-32(14)18)20-28-30-31-29-20;1-13(2)28-17-8-18(19-6-5-15-7-14(9-24)10-27-29(15)19)25-11-16(17)21(30)26-12-20(23)22(3,4)31/h5-10,12,19,34H,11H2,1-4H3,(H,24,27)(H,25,33)(H,28,29,30,31);5-8,10-11,13,20,31H,12H2,1-4H3,(H,25,28)(H,26,30)/t19-;20-/m11/s1. The minimum Gasteiger partial charge on any atom is -0.387 e. The molecule has 7 aromatic heterocycles. The second-order valence-electron chi connectivity index (χ2n) is 16.9. The Kier molecular flexibility index (Phi) is 14.1. The molecule has 0 aromatic carbocycles. The average molecular weight is 892 g/mol. The fourth-order valence-corrected chi connectivity index (χ4v) is 6.32. The van der Waals surface area contributed by atoms with Crippen molar-refractivity contribution in [2.24, 2.45) is 0 Å². The monoisotopic (exact) mass is 891 g/mol. The van der Waals surface area contributed by atoms with Crippen molar-refractivity contribution in [3.63, 3.8) is 0 Å². The first-order valence-corrected chi connectivity index (χ1v) is 20.7. The Morgan fingerprint density at radius 2 is 1.22 bits per heavy atom. The molecule has 7 heterocycles. The lowest BCUT2D eigenvalue weighted by Crippen LogP contribution is -2.42. The van der Waals surface area contributed by atoms with Crippen LogP contribution in [0.1, 0.15) is 81.7 Å². The summed E-state index contributed by atoms with van der Waals surface area (Å²) in [4.78, 5) is 34.3. The molecule has 0 aliphatic carbocycles. The van der Waals surface area contributed by atoms with E-state index in [1.54, 1.807) is 33.4 Å². The molecule has 340 valence electrons.